The smallest absolute Gasteiger partial charge is 0.340 e. The van der Waals surface area contributed by atoms with Crippen LogP contribution in [0.15, 0.2) is 78.9 Å². The summed E-state index contributed by atoms with van der Waals surface area (Å²) < 4.78 is 13.4. The number of rotatable bonds is 9. The molecule has 7 nitrogen and oxygen atoms in total. The van der Waals surface area contributed by atoms with Crippen molar-refractivity contribution in [1.82, 2.24) is 5.32 Å². The summed E-state index contributed by atoms with van der Waals surface area (Å²) in [7, 11) is 0. The molecule has 3 aromatic carbocycles. The van der Waals surface area contributed by atoms with Gasteiger partial charge in [-0.1, -0.05) is 63.2 Å². The summed E-state index contributed by atoms with van der Waals surface area (Å²) in [5, 5.41) is 14.0. The summed E-state index contributed by atoms with van der Waals surface area (Å²) in [6, 6.07) is 22.1. The number of allylic oxidation sites excluding steroid dienone is 2. The predicted molar refractivity (Wildman–Crippen MR) is 165 cm³/mol. The summed E-state index contributed by atoms with van der Waals surface area (Å²) in [6.07, 6.45) is 4.64. The highest BCUT2D eigenvalue weighted by atomic mass is 19.1. The molecule has 1 unspecified atom stereocenters. The van der Waals surface area contributed by atoms with Crippen molar-refractivity contribution >= 4 is 34.9 Å². The lowest BCUT2D eigenvalue weighted by molar-refractivity contribution is -0.142. The maximum atomic E-state index is 13.7. The SMILES string of the molecule is CC(C)(C)c1cccc(NC(=O)N(Cc2ccc(C(=O)NCC(F)C(=O)O)cc2)c2ccc(C3=CCCCC3)cc2)c1. The Kier molecular flexibility index (Phi) is 9.78. The first-order valence-electron chi connectivity index (χ1n) is 14.2. The molecule has 42 heavy (non-hydrogen) atoms. The lowest BCUT2D eigenvalue weighted by Gasteiger charge is -2.25. The van der Waals surface area contributed by atoms with Crippen molar-refractivity contribution in [1.29, 1.82) is 0 Å². The molecule has 0 aromatic heterocycles. The van der Waals surface area contributed by atoms with E-state index in [1.54, 1.807) is 29.2 Å². The highest BCUT2D eigenvalue weighted by Gasteiger charge is 2.20. The van der Waals surface area contributed by atoms with Crippen LogP contribution in [0, 0.1) is 0 Å². The molecule has 3 amide bonds. The number of anilines is 2. The molecule has 0 saturated heterocycles. The van der Waals surface area contributed by atoms with Gasteiger partial charge in [0.05, 0.1) is 13.1 Å². The lowest BCUT2D eigenvalue weighted by Crippen LogP contribution is -2.35. The number of hydrogen-bond donors (Lipinski definition) is 3. The van der Waals surface area contributed by atoms with Crippen LogP contribution in [-0.2, 0) is 16.8 Å². The second kappa shape index (κ2) is 13.5. The van der Waals surface area contributed by atoms with Crippen LogP contribution in [0.5, 0.6) is 0 Å². The summed E-state index contributed by atoms with van der Waals surface area (Å²) in [5.41, 5.74) is 5.98. The molecule has 0 aliphatic heterocycles. The number of aliphatic carboxylic acids is 1. The van der Waals surface area contributed by atoms with Gasteiger partial charge < -0.3 is 15.7 Å². The van der Waals surface area contributed by atoms with E-state index in [2.05, 4.69) is 49.6 Å². The number of carbonyl (C=O) groups excluding carboxylic acids is 2. The van der Waals surface area contributed by atoms with E-state index in [0.29, 0.717) is 5.69 Å². The molecular weight excluding hydrogens is 533 g/mol. The quantitative estimate of drug-likeness (QED) is 0.250. The van der Waals surface area contributed by atoms with E-state index in [1.165, 1.54) is 18.4 Å². The Morgan fingerprint density at radius 3 is 2.31 bits per heavy atom. The Morgan fingerprint density at radius 2 is 1.69 bits per heavy atom. The Morgan fingerprint density at radius 1 is 0.976 bits per heavy atom. The fraction of sp³-hybridized carbons (Fsp3) is 0.324. The number of halogens is 1. The zero-order chi connectivity index (χ0) is 30.3. The second-order valence-electron chi connectivity index (χ2n) is 11.6. The first-order chi connectivity index (χ1) is 20.0. The first kappa shape index (κ1) is 30.5. The standard InChI is InChI=1S/C34H38FN3O4/c1-34(2,3)27-10-7-11-28(20-27)37-33(42)38(29-18-16-25(17-19-29)24-8-5-4-6-9-24)22-23-12-14-26(15-13-23)31(39)36-21-30(35)32(40)41/h7-8,10-20,30H,4-6,9,21-22H2,1-3H3,(H,36,39)(H,37,42)(H,40,41). The molecule has 0 radical (unpaired) electrons. The van der Waals surface area contributed by atoms with Crippen LogP contribution in [0.3, 0.4) is 0 Å². The number of carbonyl (C=O) groups is 3. The maximum Gasteiger partial charge on any atom is 0.340 e. The number of nitrogens with one attached hydrogen (secondary N) is 2. The molecule has 8 heteroatoms. The normalized spacial score (nSPS) is 14.0. The van der Waals surface area contributed by atoms with Crippen LogP contribution in [-0.4, -0.2) is 35.7 Å². The van der Waals surface area contributed by atoms with Crippen LogP contribution in [0.4, 0.5) is 20.6 Å². The van der Waals surface area contributed by atoms with Gasteiger partial charge in [0.1, 0.15) is 0 Å². The average molecular weight is 572 g/mol. The van der Waals surface area contributed by atoms with E-state index >= 15 is 0 Å². The third-order valence-electron chi connectivity index (χ3n) is 7.33. The number of carboxylic acid groups (broad SMARTS) is 1. The van der Waals surface area contributed by atoms with Gasteiger partial charge in [0.2, 0.25) is 6.17 Å². The predicted octanol–water partition coefficient (Wildman–Crippen LogP) is 7.33. The molecule has 0 heterocycles. The van der Waals surface area contributed by atoms with Gasteiger partial charge >= 0.3 is 12.0 Å². The van der Waals surface area contributed by atoms with Gasteiger partial charge in [-0.05, 0) is 89.8 Å². The highest BCUT2D eigenvalue weighted by Crippen LogP contribution is 2.29. The Bertz CT molecular complexity index is 1440. The molecule has 1 atom stereocenters. The molecule has 1 aliphatic carbocycles. The molecule has 0 fully saturated rings. The number of urea groups is 1. The molecule has 3 aromatic rings. The van der Waals surface area contributed by atoms with Crippen LogP contribution >= 0.6 is 0 Å². The molecular formula is C34H38FN3O4. The Balaban J connectivity index is 1.55. The summed E-state index contributed by atoms with van der Waals surface area (Å²) in [6.45, 7) is 5.98. The monoisotopic (exact) mass is 571 g/mol. The highest BCUT2D eigenvalue weighted by molar-refractivity contribution is 6.02. The molecule has 0 saturated carbocycles. The van der Waals surface area contributed by atoms with E-state index in [9.17, 15) is 18.8 Å². The molecule has 0 bridgehead atoms. The van der Waals surface area contributed by atoms with E-state index < -0.39 is 24.6 Å². The van der Waals surface area contributed by atoms with Gasteiger partial charge in [-0.2, -0.15) is 0 Å². The van der Waals surface area contributed by atoms with E-state index in [-0.39, 0.29) is 23.6 Å². The maximum absolute atomic E-state index is 13.7. The second-order valence-corrected chi connectivity index (χ2v) is 11.6. The minimum absolute atomic E-state index is 0.0726. The average Bonchev–Trinajstić information content (AvgIpc) is 2.99. The number of carboxylic acids is 1. The van der Waals surface area contributed by atoms with Crippen LogP contribution in [0.25, 0.3) is 5.57 Å². The molecule has 220 valence electrons. The van der Waals surface area contributed by atoms with Crippen molar-refractivity contribution in [3.63, 3.8) is 0 Å². The van der Waals surface area contributed by atoms with E-state index in [4.69, 9.17) is 5.11 Å². The summed E-state index contributed by atoms with van der Waals surface area (Å²) in [5.74, 6) is -2.20. The van der Waals surface area contributed by atoms with Crippen molar-refractivity contribution in [3.8, 4) is 0 Å². The topological polar surface area (TPSA) is 98.7 Å². The first-order valence-corrected chi connectivity index (χ1v) is 14.2. The Labute approximate surface area is 246 Å². The van der Waals surface area contributed by atoms with Crippen molar-refractivity contribution in [2.75, 3.05) is 16.8 Å². The van der Waals surface area contributed by atoms with E-state index in [0.717, 1.165) is 35.2 Å². The van der Waals surface area contributed by atoms with Gasteiger partial charge in [0, 0.05) is 16.9 Å². The number of alkyl halides is 1. The Hall–Kier alpha value is -4.46. The number of nitrogens with zero attached hydrogens (tertiary/aromatic N) is 1. The number of hydrogen-bond acceptors (Lipinski definition) is 3. The van der Waals surface area contributed by atoms with Crippen molar-refractivity contribution in [3.05, 3.63) is 101 Å². The number of benzene rings is 3. The van der Waals surface area contributed by atoms with Crippen molar-refractivity contribution in [2.45, 2.75) is 64.6 Å². The van der Waals surface area contributed by atoms with Gasteiger partial charge in [0.15, 0.2) is 0 Å². The van der Waals surface area contributed by atoms with E-state index in [1.807, 2.05) is 36.4 Å². The zero-order valence-electron chi connectivity index (χ0n) is 24.3. The van der Waals surface area contributed by atoms with Gasteiger partial charge in [-0.3, -0.25) is 9.69 Å². The lowest BCUT2D eigenvalue weighted by atomic mass is 9.87. The van der Waals surface area contributed by atoms with Crippen molar-refractivity contribution < 1.29 is 23.9 Å². The van der Waals surface area contributed by atoms with Gasteiger partial charge in [0.25, 0.3) is 5.91 Å². The molecule has 3 N–H and O–H groups in total. The number of amides is 3. The largest absolute Gasteiger partial charge is 0.479 e. The summed E-state index contributed by atoms with van der Waals surface area (Å²) >= 11 is 0. The molecule has 1 aliphatic rings. The minimum Gasteiger partial charge on any atom is -0.479 e. The third kappa shape index (κ3) is 8.06. The van der Waals surface area contributed by atoms with Crippen LogP contribution in [0.2, 0.25) is 0 Å². The zero-order valence-corrected chi connectivity index (χ0v) is 24.3. The fourth-order valence-corrected chi connectivity index (χ4v) is 4.81. The third-order valence-corrected chi connectivity index (χ3v) is 7.33. The van der Waals surface area contributed by atoms with Crippen LogP contribution < -0.4 is 15.5 Å². The minimum atomic E-state index is -2.18. The van der Waals surface area contributed by atoms with Gasteiger partial charge in [-0.25, -0.2) is 14.0 Å². The van der Waals surface area contributed by atoms with Gasteiger partial charge in [-0.15, -0.1) is 0 Å². The molecule has 4 rings (SSSR count). The molecule has 0 spiro atoms. The van der Waals surface area contributed by atoms with Crippen molar-refractivity contribution in [2.24, 2.45) is 0 Å². The fourth-order valence-electron chi connectivity index (χ4n) is 4.81. The summed E-state index contributed by atoms with van der Waals surface area (Å²) in [4.78, 5) is 38.4. The van der Waals surface area contributed by atoms with Crippen LogP contribution in [0.1, 0.15) is 73.5 Å².